The molecule has 0 aromatic rings. The molecule has 0 atom stereocenters. The molecule has 0 fully saturated rings. The molecule has 0 aliphatic carbocycles. The Morgan fingerprint density at radius 2 is 1.18 bits per heavy atom. The van der Waals surface area contributed by atoms with Gasteiger partial charge in [0.2, 0.25) is 0 Å². The third-order valence-electron chi connectivity index (χ3n) is 3.98. The quantitative estimate of drug-likeness (QED) is 0.326. The first-order valence-corrected chi connectivity index (χ1v) is 15.8. The zero-order valence-electron chi connectivity index (χ0n) is 12.4. The van der Waals surface area contributed by atoms with E-state index in [2.05, 4.69) is 26.7 Å². The topological polar surface area (TPSA) is 0 Å². The molecule has 0 bridgehead atoms. The van der Waals surface area contributed by atoms with Crippen molar-refractivity contribution in [3.05, 3.63) is 0 Å². The van der Waals surface area contributed by atoms with Crippen LogP contribution in [0.25, 0.3) is 0 Å². The van der Waals surface area contributed by atoms with Crippen molar-refractivity contribution in [1.82, 2.24) is 0 Å². The summed E-state index contributed by atoms with van der Waals surface area (Å²) in [5.41, 5.74) is 0. The summed E-state index contributed by atoms with van der Waals surface area (Å²) in [5, 5.41) is 0. The predicted octanol–water partition coefficient (Wildman–Crippen LogP) is 5.86. The van der Waals surface area contributed by atoms with E-state index >= 15 is 0 Å². The first kappa shape index (κ1) is 17.4. The molecule has 0 unspecified atom stereocenters. The Bertz CT molecular complexity index is 180. The standard InChI is InChI=1S/3C4H9.C4H5.Sn/c4*1-3-4-2;/h3*1,3-4H2,2H3;1H,2,4H2;. The predicted molar refractivity (Wildman–Crippen MR) is 83.2 cm³/mol. The molecule has 0 spiro atoms. The fraction of sp³-hybridized carbons (Fsp3) is 0.875. The summed E-state index contributed by atoms with van der Waals surface area (Å²) >= 11 is -1.83. The van der Waals surface area contributed by atoms with Gasteiger partial charge in [-0.25, -0.2) is 0 Å². The van der Waals surface area contributed by atoms with E-state index in [1.807, 2.05) is 0 Å². The number of rotatable bonds is 11. The van der Waals surface area contributed by atoms with Crippen molar-refractivity contribution in [3.8, 4) is 12.3 Å². The maximum absolute atomic E-state index is 5.51. The van der Waals surface area contributed by atoms with Crippen molar-refractivity contribution in [3.63, 3.8) is 0 Å². The molecule has 0 amide bonds. The van der Waals surface area contributed by atoms with Crippen LogP contribution in [-0.4, -0.2) is 18.4 Å². The molecule has 0 saturated carbocycles. The van der Waals surface area contributed by atoms with Gasteiger partial charge in [-0.15, -0.1) is 0 Å². The Hall–Kier alpha value is 0.359. The molecule has 0 aliphatic rings. The Balaban J connectivity index is 4.46. The van der Waals surface area contributed by atoms with E-state index in [1.54, 1.807) is 13.3 Å². The van der Waals surface area contributed by atoms with Crippen molar-refractivity contribution in [1.29, 1.82) is 0 Å². The zero-order valence-corrected chi connectivity index (χ0v) is 15.2. The summed E-state index contributed by atoms with van der Waals surface area (Å²) in [5.74, 6) is 2.90. The third-order valence-corrected chi connectivity index (χ3v) is 19.8. The first-order chi connectivity index (χ1) is 8.24. The summed E-state index contributed by atoms with van der Waals surface area (Å²) in [7, 11) is 0. The van der Waals surface area contributed by atoms with Gasteiger partial charge in [-0.1, -0.05) is 0 Å². The first-order valence-electron chi connectivity index (χ1n) is 7.68. The second-order valence-electron chi connectivity index (χ2n) is 5.51. The number of terminal acetylenes is 1. The normalized spacial score (nSPS) is 11.4. The second-order valence-corrected chi connectivity index (χ2v) is 19.8. The Morgan fingerprint density at radius 1 is 0.765 bits per heavy atom. The van der Waals surface area contributed by atoms with E-state index < -0.39 is 18.4 Å². The molecule has 0 saturated heterocycles. The number of hydrogen-bond acceptors (Lipinski definition) is 0. The Kier molecular flexibility index (Phi) is 11.7. The molecule has 0 N–H and O–H groups in total. The molecular formula is C16H32Sn. The van der Waals surface area contributed by atoms with E-state index in [0.29, 0.717) is 0 Å². The van der Waals surface area contributed by atoms with E-state index in [0.717, 1.165) is 6.42 Å². The van der Waals surface area contributed by atoms with Gasteiger partial charge < -0.3 is 0 Å². The second kappa shape index (κ2) is 11.4. The van der Waals surface area contributed by atoms with Crippen LogP contribution in [0.5, 0.6) is 0 Å². The van der Waals surface area contributed by atoms with Gasteiger partial charge in [0.05, 0.1) is 0 Å². The van der Waals surface area contributed by atoms with Crippen LogP contribution in [0, 0.1) is 12.3 Å². The van der Waals surface area contributed by atoms with Gasteiger partial charge in [-0.3, -0.25) is 0 Å². The molecular weight excluding hydrogens is 311 g/mol. The van der Waals surface area contributed by atoms with Gasteiger partial charge in [-0.2, -0.15) is 0 Å². The van der Waals surface area contributed by atoms with Crippen molar-refractivity contribution in [2.24, 2.45) is 0 Å². The number of unbranched alkanes of at least 4 members (excludes halogenated alkanes) is 3. The molecule has 0 aromatic carbocycles. The van der Waals surface area contributed by atoms with Crippen LogP contribution in [-0.2, 0) is 0 Å². The Labute approximate surface area is 114 Å². The molecule has 1 heteroatoms. The van der Waals surface area contributed by atoms with Gasteiger partial charge in [0.25, 0.3) is 0 Å². The van der Waals surface area contributed by atoms with Crippen LogP contribution in [0.1, 0.15) is 65.7 Å². The van der Waals surface area contributed by atoms with Crippen LogP contribution < -0.4 is 0 Å². The molecule has 0 aromatic heterocycles. The maximum atomic E-state index is 5.51. The molecule has 0 rings (SSSR count). The van der Waals surface area contributed by atoms with Crippen molar-refractivity contribution in [2.45, 2.75) is 83.5 Å². The van der Waals surface area contributed by atoms with Crippen LogP contribution in [0.15, 0.2) is 0 Å². The van der Waals surface area contributed by atoms with Gasteiger partial charge in [0.1, 0.15) is 0 Å². The zero-order chi connectivity index (χ0) is 13.0. The molecule has 0 nitrogen and oxygen atoms in total. The van der Waals surface area contributed by atoms with Gasteiger partial charge in [0, 0.05) is 0 Å². The minimum atomic E-state index is -1.83. The third kappa shape index (κ3) is 8.14. The molecule has 100 valence electrons. The average Bonchev–Trinajstić information content (AvgIpc) is 2.37. The van der Waals surface area contributed by atoms with E-state index in [1.165, 1.54) is 43.0 Å². The van der Waals surface area contributed by atoms with Crippen LogP contribution in [0.4, 0.5) is 0 Å². The van der Waals surface area contributed by atoms with Crippen molar-refractivity contribution >= 4 is 18.4 Å². The average molecular weight is 343 g/mol. The van der Waals surface area contributed by atoms with E-state index in [-0.39, 0.29) is 0 Å². The fourth-order valence-corrected chi connectivity index (χ4v) is 18.4. The summed E-state index contributed by atoms with van der Waals surface area (Å²) in [6.45, 7) is 6.99. The van der Waals surface area contributed by atoms with Crippen molar-refractivity contribution in [2.75, 3.05) is 0 Å². The van der Waals surface area contributed by atoms with Crippen LogP contribution in [0.2, 0.25) is 17.7 Å². The van der Waals surface area contributed by atoms with E-state index in [9.17, 15) is 0 Å². The monoisotopic (exact) mass is 344 g/mol. The molecule has 0 aliphatic heterocycles. The molecule has 17 heavy (non-hydrogen) atoms. The summed E-state index contributed by atoms with van der Waals surface area (Å²) in [6, 6.07) is 0. The fourth-order valence-electron chi connectivity index (χ4n) is 2.74. The van der Waals surface area contributed by atoms with E-state index in [4.69, 9.17) is 6.42 Å². The van der Waals surface area contributed by atoms with Gasteiger partial charge in [0.15, 0.2) is 0 Å². The van der Waals surface area contributed by atoms with Crippen LogP contribution in [0.3, 0.4) is 0 Å². The summed E-state index contributed by atoms with van der Waals surface area (Å²) < 4.78 is 6.28. The SMILES string of the molecule is C#CC[CH2][Sn]([CH2]CCC)([CH2]CCC)[CH2]CCC. The summed E-state index contributed by atoms with van der Waals surface area (Å²) in [4.78, 5) is 0. The Morgan fingerprint density at radius 3 is 1.47 bits per heavy atom. The molecule has 0 radical (unpaired) electrons. The molecule has 0 heterocycles. The number of hydrogen-bond donors (Lipinski definition) is 0. The summed E-state index contributed by atoms with van der Waals surface area (Å²) in [6.07, 6.45) is 15.1. The minimum absolute atomic E-state index is 1.06. The van der Waals surface area contributed by atoms with Crippen LogP contribution >= 0.6 is 0 Å². The van der Waals surface area contributed by atoms with Crippen molar-refractivity contribution < 1.29 is 0 Å². The van der Waals surface area contributed by atoms with Gasteiger partial charge in [-0.05, 0) is 0 Å². The van der Waals surface area contributed by atoms with Gasteiger partial charge >= 0.3 is 114 Å².